The van der Waals surface area contributed by atoms with E-state index >= 15 is 0 Å². The second kappa shape index (κ2) is 7.36. The van der Waals surface area contributed by atoms with Gasteiger partial charge in [0.15, 0.2) is 5.13 Å². The van der Waals surface area contributed by atoms with Gasteiger partial charge < -0.3 is 4.42 Å². The fourth-order valence-electron chi connectivity index (χ4n) is 2.49. The number of thiazole rings is 1. The summed E-state index contributed by atoms with van der Waals surface area (Å²) in [6.45, 7) is 4.42. The van der Waals surface area contributed by atoms with Gasteiger partial charge in [-0.2, -0.15) is 0 Å². The maximum atomic E-state index is 12.7. The van der Waals surface area contributed by atoms with E-state index in [1.807, 2.05) is 31.2 Å². The second-order valence-corrected chi connectivity index (χ2v) is 7.09. The standard InChI is InChI=1S/C18H19ClN2O2S/c1-3-4-7-16(22)21(11-13-6-5-10-23-13)18-20-17-12(2)14(19)8-9-15(17)24-18/h5-6,8-10H,3-4,7,11H2,1-2H3. The van der Waals surface area contributed by atoms with Gasteiger partial charge in [-0.15, -0.1) is 0 Å². The van der Waals surface area contributed by atoms with Crippen LogP contribution in [0.3, 0.4) is 0 Å². The van der Waals surface area contributed by atoms with Crippen molar-refractivity contribution < 1.29 is 9.21 Å². The quantitative estimate of drug-likeness (QED) is 0.575. The molecule has 0 fully saturated rings. The van der Waals surface area contributed by atoms with E-state index in [0.717, 1.165) is 34.4 Å². The van der Waals surface area contributed by atoms with Crippen LogP contribution in [0.4, 0.5) is 5.13 Å². The lowest BCUT2D eigenvalue weighted by atomic mass is 10.2. The molecule has 2 aromatic heterocycles. The smallest absolute Gasteiger partial charge is 0.229 e. The highest BCUT2D eigenvalue weighted by Crippen LogP contribution is 2.34. The summed E-state index contributed by atoms with van der Waals surface area (Å²) in [6, 6.07) is 7.52. The van der Waals surface area contributed by atoms with Crippen LogP contribution in [-0.2, 0) is 11.3 Å². The van der Waals surface area contributed by atoms with Gasteiger partial charge in [0.1, 0.15) is 5.76 Å². The van der Waals surface area contributed by atoms with E-state index < -0.39 is 0 Å². The molecule has 1 amide bonds. The normalized spacial score (nSPS) is 11.1. The number of nitrogens with zero attached hydrogens (tertiary/aromatic N) is 2. The molecule has 0 atom stereocenters. The zero-order chi connectivity index (χ0) is 17.1. The number of anilines is 1. The number of halogens is 1. The molecule has 24 heavy (non-hydrogen) atoms. The first kappa shape index (κ1) is 17.0. The van der Waals surface area contributed by atoms with Gasteiger partial charge in [0, 0.05) is 11.4 Å². The van der Waals surface area contributed by atoms with Crippen LogP contribution in [0.5, 0.6) is 0 Å². The van der Waals surface area contributed by atoms with E-state index in [1.165, 1.54) is 11.3 Å². The Morgan fingerprint density at radius 3 is 2.92 bits per heavy atom. The molecule has 2 heterocycles. The van der Waals surface area contributed by atoms with E-state index in [4.69, 9.17) is 16.0 Å². The number of carbonyl (C=O) groups is 1. The van der Waals surface area contributed by atoms with Crippen LogP contribution in [0.25, 0.3) is 10.2 Å². The van der Waals surface area contributed by atoms with Crippen LogP contribution in [0.15, 0.2) is 34.9 Å². The van der Waals surface area contributed by atoms with Crippen molar-refractivity contribution in [3.8, 4) is 0 Å². The molecular formula is C18H19ClN2O2S. The van der Waals surface area contributed by atoms with Gasteiger partial charge in [-0.3, -0.25) is 9.69 Å². The minimum atomic E-state index is 0.0658. The summed E-state index contributed by atoms with van der Waals surface area (Å²) in [7, 11) is 0. The molecule has 6 heteroatoms. The number of benzene rings is 1. The number of furan rings is 1. The maximum Gasteiger partial charge on any atom is 0.229 e. The van der Waals surface area contributed by atoms with Crippen molar-refractivity contribution in [2.24, 2.45) is 0 Å². The Morgan fingerprint density at radius 2 is 2.21 bits per heavy atom. The zero-order valence-corrected chi connectivity index (χ0v) is 15.3. The first-order chi connectivity index (χ1) is 11.6. The zero-order valence-electron chi connectivity index (χ0n) is 13.7. The monoisotopic (exact) mass is 362 g/mol. The summed E-state index contributed by atoms with van der Waals surface area (Å²) in [4.78, 5) is 19.1. The van der Waals surface area contributed by atoms with Gasteiger partial charge in [-0.05, 0) is 43.2 Å². The first-order valence-electron chi connectivity index (χ1n) is 7.98. The number of fused-ring (bicyclic) bond motifs is 1. The van der Waals surface area contributed by atoms with Crippen LogP contribution < -0.4 is 4.90 Å². The van der Waals surface area contributed by atoms with Gasteiger partial charge in [0.25, 0.3) is 0 Å². The van der Waals surface area contributed by atoms with E-state index in [9.17, 15) is 4.79 Å². The van der Waals surface area contributed by atoms with Gasteiger partial charge in [0.2, 0.25) is 5.91 Å². The third-order valence-electron chi connectivity index (χ3n) is 3.91. The Bertz CT molecular complexity index is 842. The minimum absolute atomic E-state index is 0.0658. The second-order valence-electron chi connectivity index (χ2n) is 5.68. The summed E-state index contributed by atoms with van der Waals surface area (Å²) in [5.41, 5.74) is 1.80. The van der Waals surface area contributed by atoms with E-state index in [-0.39, 0.29) is 5.91 Å². The Morgan fingerprint density at radius 1 is 1.38 bits per heavy atom. The van der Waals surface area contributed by atoms with Gasteiger partial charge in [-0.1, -0.05) is 36.3 Å². The number of aryl methyl sites for hydroxylation is 1. The molecule has 0 aliphatic rings. The molecule has 0 spiro atoms. The summed E-state index contributed by atoms with van der Waals surface area (Å²) in [6.07, 6.45) is 3.97. The van der Waals surface area contributed by atoms with Crippen LogP contribution in [0, 0.1) is 6.92 Å². The largest absolute Gasteiger partial charge is 0.467 e. The van der Waals surface area contributed by atoms with Gasteiger partial charge in [-0.25, -0.2) is 4.98 Å². The van der Waals surface area contributed by atoms with E-state index in [0.29, 0.717) is 23.1 Å². The summed E-state index contributed by atoms with van der Waals surface area (Å²) >= 11 is 7.70. The predicted molar refractivity (Wildman–Crippen MR) is 98.8 cm³/mol. The van der Waals surface area contributed by atoms with E-state index in [2.05, 4.69) is 11.9 Å². The topological polar surface area (TPSA) is 46.3 Å². The lowest BCUT2D eigenvalue weighted by molar-refractivity contribution is -0.118. The molecule has 0 aliphatic heterocycles. The highest BCUT2D eigenvalue weighted by Gasteiger charge is 2.21. The molecule has 0 saturated carbocycles. The van der Waals surface area contributed by atoms with Crippen molar-refractivity contribution in [2.75, 3.05) is 4.90 Å². The first-order valence-corrected chi connectivity index (χ1v) is 9.18. The number of carbonyl (C=O) groups excluding carboxylic acids is 1. The molecular weight excluding hydrogens is 344 g/mol. The highest BCUT2D eigenvalue weighted by atomic mass is 35.5. The molecule has 3 aromatic rings. The molecule has 0 unspecified atom stereocenters. The summed E-state index contributed by atoms with van der Waals surface area (Å²) in [5.74, 6) is 0.810. The highest BCUT2D eigenvalue weighted by molar-refractivity contribution is 7.22. The molecule has 1 aromatic carbocycles. The third-order valence-corrected chi connectivity index (χ3v) is 5.36. The molecule has 0 aliphatic carbocycles. The number of aromatic nitrogens is 1. The minimum Gasteiger partial charge on any atom is -0.467 e. The van der Waals surface area contributed by atoms with Gasteiger partial charge in [0.05, 0.1) is 23.0 Å². The van der Waals surface area contributed by atoms with Crippen molar-refractivity contribution in [1.29, 1.82) is 0 Å². The lowest BCUT2D eigenvalue weighted by Gasteiger charge is -2.18. The molecule has 0 radical (unpaired) electrons. The number of hydrogen-bond acceptors (Lipinski definition) is 4. The summed E-state index contributed by atoms with van der Waals surface area (Å²) in [5, 5.41) is 1.38. The number of rotatable bonds is 6. The Labute approximate surface area is 150 Å². The Kier molecular flexibility index (Phi) is 5.21. The van der Waals surface area contributed by atoms with Gasteiger partial charge >= 0.3 is 0 Å². The van der Waals surface area contributed by atoms with Crippen molar-refractivity contribution in [2.45, 2.75) is 39.7 Å². The molecule has 126 valence electrons. The number of unbranched alkanes of at least 4 members (excludes halogenated alkanes) is 1. The average molecular weight is 363 g/mol. The third kappa shape index (κ3) is 3.47. The van der Waals surface area contributed by atoms with Crippen LogP contribution in [0.2, 0.25) is 5.02 Å². The maximum absolute atomic E-state index is 12.7. The molecule has 0 saturated heterocycles. The molecule has 3 rings (SSSR count). The van der Waals surface area contributed by atoms with Crippen molar-refractivity contribution in [3.05, 3.63) is 46.9 Å². The molecule has 4 nitrogen and oxygen atoms in total. The van der Waals surface area contributed by atoms with E-state index in [1.54, 1.807) is 11.2 Å². The average Bonchev–Trinajstić information content (AvgIpc) is 3.23. The van der Waals surface area contributed by atoms with Crippen molar-refractivity contribution >= 4 is 44.2 Å². The summed E-state index contributed by atoms with van der Waals surface area (Å²) < 4.78 is 6.45. The molecule has 0 N–H and O–H groups in total. The van der Waals surface area contributed by atoms with Crippen molar-refractivity contribution in [3.63, 3.8) is 0 Å². The van der Waals surface area contributed by atoms with Crippen LogP contribution >= 0.6 is 22.9 Å². The molecule has 0 bridgehead atoms. The number of amides is 1. The predicted octanol–water partition coefficient (Wildman–Crippen LogP) is 5.57. The number of hydrogen-bond donors (Lipinski definition) is 0. The fraction of sp³-hybridized carbons (Fsp3) is 0.333. The fourth-order valence-corrected chi connectivity index (χ4v) is 3.68. The lowest BCUT2D eigenvalue weighted by Crippen LogP contribution is -2.29. The Balaban J connectivity index is 1.97. The Hall–Kier alpha value is -1.85. The van der Waals surface area contributed by atoms with Crippen LogP contribution in [-0.4, -0.2) is 10.9 Å². The SMILES string of the molecule is CCCCC(=O)N(Cc1ccco1)c1nc2c(C)c(Cl)ccc2s1. The van der Waals surface area contributed by atoms with Crippen molar-refractivity contribution in [1.82, 2.24) is 4.98 Å². The van der Waals surface area contributed by atoms with Crippen LogP contribution in [0.1, 0.15) is 37.5 Å².